The second-order valence-electron chi connectivity index (χ2n) is 7.96. The van der Waals surface area contributed by atoms with Crippen LogP contribution >= 0.6 is 0 Å². The number of piperidine rings is 1. The molecule has 3 aromatic rings. The van der Waals surface area contributed by atoms with Gasteiger partial charge in [0, 0.05) is 36.8 Å². The topological polar surface area (TPSA) is 75.9 Å². The third kappa shape index (κ3) is 2.77. The van der Waals surface area contributed by atoms with Crippen molar-refractivity contribution in [2.45, 2.75) is 50.7 Å². The van der Waals surface area contributed by atoms with E-state index < -0.39 is 0 Å². The fourth-order valence-electron chi connectivity index (χ4n) is 4.70. The number of fused-ring (bicyclic) bond motifs is 3. The molecule has 1 aromatic carbocycles. The zero-order chi connectivity index (χ0) is 19.3. The van der Waals surface area contributed by atoms with Gasteiger partial charge in [-0.1, -0.05) is 11.3 Å². The van der Waals surface area contributed by atoms with Gasteiger partial charge < -0.3 is 10.2 Å². The lowest BCUT2D eigenvalue weighted by atomic mass is 9.98. The van der Waals surface area contributed by atoms with Crippen molar-refractivity contribution in [3.05, 3.63) is 47.9 Å². The second kappa shape index (κ2) is 6.67. The van der Waals surface area contributed by atoms with E-state index in [1.807, 2.05) is 49.2 Å². The molecule has 4 heterocycles. The van der Waals surface area contributed by atoms with Gasteiger partial charge in [0.25, 0.3) is 5.91 Å². The van der Waals surface area contributed by atoms with Crippen LogP contribution in [0.25, 0.3) is 16.6 Å². The molecular weight excluding hydrogens is 352 g/mol. The summed E-state index contributed by atoms with van der Waals surface area (Å²) in [5.41, 5.74) is 2.96. The zero-order valence-electron chi connectivity index (χ0n) is 16.2. The van der Waals surface area contributed by atoms with Crippen LogP contribution in [0.1, 0.15) is 41.9 Å². The highest BCUT2D eigenvalue weighted by Crippen LogP contribution is 2.30. The maximum absolute atomic E-state index is 13.2. The normalized spacial score (nSPS) is 23.9. The molecule has 1 N–H and O–H groups in total. The number of hydrogen-bond acceptors (Lipinski definition) is 5. The Hall–Kier alpha value is -2.80. The number of carbonyl (C=O) groups is 1. The Balaban J connectivity index is 1.46. The lowest BCUT2D eigenvalue weighted by Gasteiger charge is -2.35. The number of nitrogens with zero attached hydrogens (tertiary/aromatic N) is 5. The molecule has 0 saturated carbocycles. The van der Waals surface area contributed by atoms with Gasteiger partial charge in [-0.15, -0.1) is 5.10 Å². The van der Waals surface area contributed by atoms with Crippen LogP contribution in [-0.4, -0.2) is 56.0 Å². The Morgan fingerprint density at radius 1 is 1.18 bits per heavy atom. The minimum Gasteiger partial charge on any atom is -0.337 e. The highest BCUT2D eigenvalue weighted by Gasteiger charge is 2.37. The molecule has 2 aromatic heterocycles. The number of carbonyl (C=O) groups excluding carboxylic acids is 1. The summed E-state index contributed by atoms with van der Waals surface area (Å²) in [5, 5.41) is 13.2. The summed E-state index contributed by atoms with van der Waals surface area (Å²) in [6.45, 7) is 1.91. The molecule has 2 unspecified atom stereocenters. The third-order valence-corrected chi connectivity index (χ3v) is 6.26. The van der Waals surface area contributed by atoms with Crippen LogP contribution in [0.4, 0.5) is 0 Å². The summed E-state index contributed by atoms with van der Waals surface area (Å²) >= 11 is 0. The fraction of sp³-hybridized carbons (Fsp3) is 0.429. The quantitative estimate of drug-likeness (QED) is 0.760. The molecule has 5 rings (SSSR count). The number of nitrogens with one attached hydrogen (secondary N) is 1. The van der Waals surface area contributed by atoms with Gasteiger partial charge in [-0.25, -0.2) is 4.68 Å². The van der Waals surface area contributed by atoms with Crippen molar-refractivity contribution in [1.82, 2.24) is 30.2 Å². The lowest BCUT2D eigenvalue weighted by molar-refractivity contribution is 0.0675. The molecule has 2 atom stereocenters. The van der Waals surface area contributed by atoms with Gasteiger partial charge in [-0.3, -0.25) is 9.78 Å². The Morgan fingerprint density at radius 3 is 2.75 bits per heavy atom. The van der Waals surface area contributed by atoms with Gasteiger partial charge in [0.1, 0.15) is 0 Å². The molecule has 2 aliphatic heterocycles. The molecule has 1 amide bonds. The van der Waals surface area contributed by atoms with Gasteiger partial charge in [0.15, 0.2) is 5.69 Å². The third-order valence-electron chi connectivity index (χ3n) is 6.26. The highest BCUT2D eigenvalue weighted by atomic mass is 16.2. The van der Waals surface area contributed by atoms with Crippen LogP contribution < -0.4 is 5.32 Å². The van der Waals surface area contributed by atoms with E-state index in [2.05, 4.69) is 20.6 Å². The van der Waals surface area contributed by atoms with Crippen LogP contribution in [0.3, 0.4) is 0 Å². The van der Waals surface area contributed by atoms with Gasteiger partial charge in [-0.2, -0.15) is 0 Å². The molecule has 144 valence electrons. The first kappa shape index (κ1) is 17.3. The minimum atomic E-state index is -0.0478. The lowest BCUT2D eigenvalue weighted by Crippen LogP contribution is -2.48. The van der Waals surface area contributed by atoms with E-state index in [0.717, 1.165) is 35.1 Å². The largest absolute Gasteiger partial charge is 0.337 e. The second-order valence-corrected chi connectivity index (χ2v) is 7.96. The van der Waals surface area contributed by atoms with Crippen molar-refractivity contribution in [1.29, 1.82) is 0 Å². The van der Waals surface area contributed by atoms with Crippen molar-refractivity contribution in [2.24, 2.45) is 0 Å². The number of amides is 1. The molecule has 0 aliphatic carbocycles. The Morgan fingerprint density at radius 2 is 1.96 bits per heavy atom. The Labute approximate surface area is 163 Å². The van der Waals surface area contributed by atoms with Crippen LogP contribution in [-0.2, 0) is 0 Å². The van der Waals surface area contributed by atoms with Crippen LogP contribution in [0.5, 0.6) is 0 Å². The smallest absolute Gasteiger partial charge is 0.276 e. The van der Waals surface area contributed by atoms with E-state index in [0.29, 0.717) is 17.8 Å². The summed E-state index contributed by atoms with van der Waals surface area (Å²) in [6, 6.07) is 11.2. The standard InChI is InChI=1S/C21H24N6O/c1-13-20(21(28)26(2)16-11-14-8-9-15(12-16)23-14)24-25-27(13)19-7-3-6-18-17(19)5-4-10-22-18/h3-7,10,14-16,23H,8-9,11-12H2,1-2H3. The van der Waals surface area contributed by atoms with E-state index >= 15 is 0 Å². The van der Waals surface area contributed by atoms with Crippen LogP contribution in [0.15, 0.2) is 36.5 Å². The summed E-state index contributed by atoms with van der Waals surface area (Å²) in [7, 11) is 1.90. The molecule has 7 nitrogen and oxygen atoms in total. The van der Waals surface area contributed by atoms with Crippen molar-refractivity contribution in [3.63, 3.8) is 0 Å². The summed E-state index contributed by atoms with van der Waals surface area (Å²) < 4.78 is 1.75. The van der Waals surface area contributed by atoms with Crippen molar-refractivity contribution in [2.75, 3.05) is 7.05 Å². The van der Waals surface area contributed by atoms with E-state index in [4.69, 9.17) is 0 Å². The number of rotatable bonds is 3. The first-order chi connectivity index (χ1) is 13.6. The molecule has 28 heavy (non-hydrogen) atoms. The number of hydrogen-bond donors (Lipinski definition) is 1. The monoisotopic (exact) mass is 376 g/mol. The number of pyridine rings is 1. The minimum absolute atomic E-state index is 0.0478. The van der Waals surface area contributed by atoms with Crippen molar-refractivity contribution >= 4 is 16.8 Å². The Bertz CT molecular complexity index is 1030. The summed E-state index contributed by atoms with van der Waals surface area (Å²) in [6.07, 6.45) is 6.24. The molecule has 0 radical (unpaired) electrons. The molecule has 2 fully saturated rings. The summed E-state index contributed by atoms with van der Waals surface area (Å²) in [5.74, 6) is -0.0478. The van der Waals surface area contributed by atoms with Gasteiger partial charge in [0.05, 0.1) is 16.9 Å². The predicted octanol–water partition coefficient (Wildman–Crippen LogP) is 2.48. The molecule has 2 bridgehead atoms. The molecule has 0 spiro atoms. The average molecular weight is 376 g/mol. The van der Waals surface area contributed by atoms with E-state index in [1.165, 1.54) is 12.8 Å². The van der Waals surface area contributed by atoms with E-state index in [9.17, 15) is 4.79 Å². The first-order valence-electron chi connectivity index (χ1n) is 9.91. The molecule has 7 heteroatoms. The van der Waals surface area contributed by atoms with Crippen molar-refractivity contribution < 1.29 is 4.79 Å². The van der Waals surface area contributed by atoms with E-state index in [1.54, 1.807) is 10.9 Å². The number of aromatic nitrogens is 4. The van der Waals surface area contributed by atoms with Crippen LogP contribution in [0, 0.1) is 6.92 Å². The first-order valence-corrected chi connectivity index (χ1v) is 9.91. The number of benzene rings is 1. The molecule has 2 aliphatic rings. The zero-order valence-corrected chi connectivity index (χ0v) is 16.2. The molecular formula is C21H24N6O. The maximum Gasteiger partial charge on any atom is 0.276 e. The SMILES string of the molecule is Cc1c(C(=O)N(C)C2CC3CCC(C2)N3)nnn1-c1cccc2ncccc12. The highest BCUT2D eigenvalue weighted by molar-refractivity contribution is 5.94. The fourth-order valence-corrected chi connectivity index (χ4v) is 4.70. The van der Waals surface area contributed by atoms with Crippen LogP contribution in [0.2, 0.25) is 0 Å². The van der Waals surface area contributed by atoms with Gasteiger partial charge >= 0.3 is 0 Å². The van der Waals surface area contributed by atoms with Gasteiger partial charge in [0.2, 0.25) is 0 Å². The predicted molar refractivity (Wildman–Crippen MR) is 106 cm³/mol. The van der Waals surface area contributed by atoms with Crippen molar-refractivity contribution in [3.8, 4) is 5.69 Å². The average Bonchev–Trinajstić information content (AvgIpc) is 3.27. The maximum atomic E-state index is 13.2. The molecule has 2 saturated heterocycles. The van der Waals surface area contributed by atoms with Gasteiger partial charge in [-0.05, 0) is 56.9 Å². The Kier molecular flexibility index (Phi) is 4.12. The summed E-state index contributed by atoms with van der Waals surface area (Å²) in [4.78, 5) is 19.5. The van der Waals surface area contributed by atoms with E-state index in [-0.39, 0.29) is 11.9 Å².